The Balaban J connectivity index is 2.41. The van der Waals surface area contributed by atoms with Gasteiger partial charge >= 0.3 is 15.5 Å². The van der Waals surface area contributed by atoms with Crippen LogP contribution in [0.2, 0.25) is 0 Å². The minimum atomic E-state index is -5.23. The number of aliphatic imine (C=N–C) groups is 1. The van der Waals surface area contributed by atoms with Crippen LogP contribution in [0, 0.1) is 11.8 Å². The van der Waals surface area contributed by atoms with Gasteiger partial charge in [0.15, 0.2) is 5.96 Å². The third kappa shape index (κ3) is 6.94. The molecule has 154 valence electrons. The maximum atomic E-state index is 12.6. The second-order valence-corrected chi connectivity index (χ2v) is 9.19. The predicted octanol–water partition coefficient (Wildman–Crippen LogP) is 2.54. The largest absolute Gasteiger partial charge is 0.511 e. The summed E-state index contributed by atoms with van der Waals surface area (Å²) in [7, 11) is -3.54. The average molecular weight is 401 g/mol. The highest BCUT2D eigenvalue weighted by atomic mass is 32.2. The van der Waals surface area contributed by atoms with Gasteiger partial charge in [0.25, 0.3) is 0 Å². The van der Waals surface area contributed by atoms with Crippen LogP contribution in [0.5, 0.6) is 0 Å². The molecule has 1 unspecified atom stereocenters. The summed E-state index contributed by atoms with van der Waals surface area (Å²) in [6, 6.07) is 0.266. The molecular formula is C16H31F3N4O2S. The third-order valence-electron chi connectivity index (χ3n) is 4.55. The topological polar surface area (TPSA) is 73.8 Å². The van der Waals surface area contributed by atoms with E-state index in [0.29, 0.717) is 35.6 Å². The molecule has 0 aromatic carbocycles. The second kappa shape index (κ2) is 9.77. The van der Waals surface area contributed by atoms with Crippen LogP contribution in [0.4, 0.5) is 13.2 Å². The van der Waals surface area contributed by atoms with E-state index in [-0.39, 0.29) is 25.0 Å². The lowest BCUT2D eigenvalue weighted by Crippen LogP contribution is -2.48. The first kappa shape index (κ1) is 23.0. The monoisotopic (exact) mass is 400 g/mol. The summed E-state index contributed by atoms with van der Waals surface area (Å²) in [6.45, 7) is 6.76. The first-order valence-electron chi connectivity index (χ1n) is 9.01. The van der Waals surface area contributed by atoms with Gasteiger partial charge in [0.2, 0.25) is 0 Å². The van der Waals surface area contributed by atoms with Crippen molar-refractivity contribution in [1.29, 1.82) is 0 Å². The molecule has 1 rings (SSSR count). The number of nitrogens with one attached hydrogen (secondary N) is 2. The van der Waals surface area contributed by atoms with Crippen molar-refractivity contribution in [1.82, 2.24) is 14.9 Å². The van der Waals surface area contributed by atoms with E-state index >= 15 is 0 Å². The number of nitrogens with zero attached hydrogens (tertiary/aromatic N) is 2. The molecule has 0 bridgehead atoms. The molecule has 1 heterocycles. The Morgan fingerprint density at radius 3 is 2.23 bits per heavy atom. The molecule has 0 aromatic heterocycles. The molecule has 1 aliphatic heterocycles. The van der Waals surface area contributed by atoms with Crippen molar-refractivity contribution in [3.05, 3.63) is 0 Å². The number of sulfonamides is 1. The second-order valence-electron chi connectivity index (χ2n) is 7.26. The van der Waals surface area contributed by atoms with E-state index in [4.69, 9.17) is 0 Å². The first-order valence-corrected chi connectivity index (χ1v) is 10.4. The number of hydrogen-bond donors (Lipinski definition) is 2. The number of guanidine groups is 1. The molecule has 2 N–H and O–H groups in total. The molecule has 0 spiro atoms. The van der Waals surface area contributed by atoms with Crippen molar-refractivity contribution in [3.8, 4) is 0 Å². The highest BCUT2D eigenvalue weighted by molar-refractivity contribution is 7.90. The van der Waals surface area contributed by atoms with Crippen molar-refractivity contribution in [2.45, 2.75) is 58.0 Å². The maximum Gasteiger partial charge on any atom is 0.511 e. The average Bonchev–Trinajstić information content (AvgIpc) is 2.56. The van der Waals surface area contributed by atoms with Gasteiger partial charge in [-0.3, -0.25) is 4.99 Å². The van der Waals surface area contributed by atoms with Crippen LogP contribution in [0.25, 0.3) is 0 Å². The molecular weight excluding hydrogens is 369 g/mol. The lowest BCUT2D eigenvalue weighted by Gasteiger charge is -2.32. The van der Waals surface area contributed by atoms with Gasteiger partial charge in [0.05, 0.1) is 0 Å². The van der Waals surface area contributed by atoms with Gasteiger partial charge < -0.3 is 10.6 Å². The standard InChI is InChI=1S/C16H31F3N4O2S/c1-12(2)5-6-13(3)22-15(20-4)21-11-14-7-9-23(10-8-14)26(24,25)16(17,18)19/h12-14H,5-11H2,1-4H3,(H2,20,21,22). The molecule has 0 amide bonds. The lowest BCUT2D eigenvalue weighted by atomic mass is 9.98. The molecule has 0 aromatic rings. The fraction of sp³-hybridized carbons (Fsp3) is 0.938. The fourth-order valence-corrected chi connectivity index (χ4v) is 3.81. The summed E-state index contributed by atoms with van der Waals surface area (Å²) in [4.78, 5) is 4.17. The lowest BCUT2D eigenvalue weighted by molar-refractivity contribution is -0.0496. The summed E-state index contributed by atoms with van der Waals surface area (Å²) < 4.78 is 61.1. The molecule has 0 radical (unpaired) electrons. The van der Waals surface area contributed by atoms with E-state index in [1.54, 1.807) is 7.05 Å². The van der Waals surface area contributed by atoms with E-state index in [0.717, 1.165) is 12.8 Å². The fourth-order valence-electron chi connectivity index (χ4n) is 2.82. The Hall–Kier alpha value is -1.03. The molecule has 1 saturated heterocycles. The molecule has 6 nitrogen and oxygen atoms in total. The van der Waals surface area contributed by atoms with E-state index < -0.39 is 15.5 Å². The van der Waals surface area contributed by atoms with Gasteiger partial charge in [-0.15, -0.1) is 0 Å². The van der Waals surface area contributed by atoms with Crippen LogP contribution in [-0.2, 0) is 10.0 Å². The molecule has 1 atom stereocenters. The van der Waals surface area contributed by atoms with Crippen LogP contribution in [0.1, 0.15) is 46.5 Å². The predicted molar refractivity (Wildman–Crippen MR) is 97.3 cm³/mol. The van der Waals surface area contributed by atoms with Gasteiger partial charge in [-0.25, -0.2) is 8.42 Å². The summed E-state index contributed by atoms with van der Waals surface area (Å²) in [5, 5.41) is 6.49. The van der Waals surface area contributed by atoms with Crippen LogP contribution >= 0.6 is 0 Å². The SMILES string of the molecule is CN=C(NCC1CCN(S(=O)(=O)C(F)(F)F)CC1)NC(C)CCC(C)C. The van der Waals surface area contributed by atoms with Gasteiger partial charge in [0, 0.05) is 32.7 Å². The molecule has 0 saturated carbocycles. The van der Waals surface area contributed by atoms with Gasteiger partial charge in [-0.1, -0.05) is 13.8 Å². The smallest absolute Gasteiger partial charge is 0.356 e. The number of piperidine rings is 1. The van der Waals surface area contributed by atoms with Crippen LogP contribution < -0.4 is 10.6 Å². The van der Waals surface area contributed by atoms with E-state index in [1.807, 2.05) is 0 Å². The zero-order chi connectivity index (χ0) is 20.0. The summed E-state index contributed by atoms with van der Waals surface area (Å²) >= 11 is 0. The number of halogens is 3. The highest BCUT2D eigenvalue weighted by Gasteiger charge is 2.50. The van der Waals surface area contributed by atoms with Gasteiger partial charge in [-0.2, -0.15) is 17.5 Å². The Bertz CT molecular complexity index is 556. The van der Waals surface area contributed by atoms with Crippen molar-refractivity contribution < 1.29 is 21.6 Å². The van der Waals surface area contributed by atoms with Gasteiger partial charge in [0.1, 0.15) is 0 Å². The van der Waals surface area contributed by atoms with Crippen molar-refractivity contribution in [2.24, 2.45) is 16.8 Å². The molecule has 1 fully saturated rings. The number of rotatable bonds is 7. The Labute approximate surface area is 154 Å². The van der Waals surface area contributed by atoms with E-state index in [2.05, 4.69) is 36.4 Å². The van der Waals surface area contributed by atoms with E-state index in [9.17, 15) is 21.6 Å². The molecule has 26 heavy (non-hydrogen) atoms. The van der Waals surface area contributed by atoms with Crippen LogP contribution in [-0.4, -0.2) is 56.9 Å². The summed E-state index contributed by atoms with van der Waals surface area (Å²) in [5.41, 5.74) is -5.23. The van der Waals surface area contributed by atoms with Gasteiger partial charge in [-0.05, 0) is 44.4 Å². The van der Waals surface area contributed by atoms with E-state index in [1.165, 1.54) is 0 Å². The minimum absolute atomic E-state index is 0.106. The van der Waals surface area contributed by atoms with Crippen molar-refractivity contribution in [2.75, 3.05) is 26.7 Å². The zero-order valence-electron chi connectivity index (χ0n) is 15.9. The molecule has 1 aliphatic rings. The quantitative estimate of drug-likeness (QED) is 0.509. The summed E-state index contributed by atoms with van der Waals surface area (Å²) in [6.07, 6.45) is 2.91. The Kier molecular flexibility index (Phi) is 8.65. The normalized spacial score (nSPS) is 19.6. The minimum Gasteiger partial charge on any atom is -0.356 e. The number of alkyl halides is 3. The van der Waals surface area contributed by atoms with Crippen LogP contribution in [0.3, 0.4) is 0 Å². The maximum absolute atomic E-state index is 12.6. The van der Waals surface area contributed by atoms with Crippen molar-refractivity contribution >= 4 is 16.0 Å². The summed E-state index contributed by atoms with van der Waals surface area (Å²) in [5.74, 6) is 1.40. The zero-order valence-corrected chi connectivity index (χ0v) is 16.8. The third-order valence-corrected chi connectivity index (χ3v) is 6.18. The molecule has 10 heteroatoms. The molecule has 0 aliphatic carbocycles. The Morgan fingerprint density at radius 1 is 1.19 bits per heavy atom. The number of hydrogen-bond acceptors (Lipinski definition) is 3. The first-order chi connectivity index (χ1) is 12.0. The van der Waals surface area contributed by atoms with Crippen LogP contribution in [0.15, 0.2) is 4.99 Å². The van der Waals surface area contributed by atoms with Crippen molar-refractivity contribution in [3.63, 3.8) is 0 Å². The Morgan fingerprint density at radius 2 is 1.77 bits per heavy atom. The highest BCUT2D eigenvalue weighted by Crippen LogP contribution is 2.30.